The van der Waals surface area contributed by atoms with E-state index in [1.807, 2.05) is 12.1 Å². The summed E-state index contributed by atoms with van der Waals surface area (Å²) >= 11 is 0. The molecule has 2 heterocycles. The van der Waals surface area contributed by atoms with Gasteiger partial charge in [-0.3, -0.25) is 0 Å². The Morgan fingerprint density at radius 2 is 1.49 bits per heavy atom. The molecule has 0 amide bonds. The summed E-state index contributed by atoms with van der Waals surface area (Å²) in [6.07, 6.45) is 15.6. The number of benzene rings is 2. The summed E-state index contributed by atoms with van der Waals surface area (Å²) in [5, 5.41) is 19.6. The number of imidazole rings is 1. The Morgan fingerprint density at radius 1 is 0.854 bits per heavy atom. The first-order valence-corrected chi connectivity index (χ1v) is 15.8. The highest BCUT2D eigenvalue weighted by molar-refractivity contribution is 5.96. The van der Waals surface area contributed by atoms with Crippen molar-refractivity contribution in [2.45, 2.75) is 109 Å². The van der Waals surface area contributed by atoms with Gasteiger partial charge in [0.05, 0.1) is 22.5 Å². The Labute approximate surface area is 243 Å². The zero-order chi connectivity index (χ0) is 28.2. The highest BCUT2D eigenvalue weighted by atomic mass is 16.4. The highest BCUT2D eigenvalue weighted by Gasteiger charge is 2.29. The molecule has 0 radical (unpaired) electrons. The molecule has 2 fully saturated rings. The second kappa shape index (κ2) is 12.5. The Morgan fingerprint density at radius 3 is 2.15 bits per heavy atom. The van der Waals surface area contributed by atoms with Crippen LogP contribution < -0.4 is 0 Å². The second-order valence-electron chi connectivity index (χ2n) is 12.1. The predicted molar refractivity (Wildman–Crippen MR) is 164 cm³/mol. The van der Waals surface area contributed by atoms with Crippen molar-refractivity contribution in [3.05, 3.63) is 76.9 Å². The van der Waals surface area contributed by atoms with Crippen molar-refractivity contribution in [3.63, 3.8) is 0 Å². The molecule has 2 saturated carbocycles. The van der Waals surface area contributed by atoms with E-state index in [1.54, 1.807) is 12.1 Å². The van der Waals surface area contributed by atoms with Crippen LogP contribution in [-0.2, 0) is 13.0 Å². The summed E-state index contributed by atoms with van der Waals surface area (Å²) < 4.78 is 2.45. The number of hydrogen-bond donors (Lipinski definition) is 1. The van der Waals surface area contributed by atoms with E-state index in [0.29, 0.717) is 17.4 Å². The molecule has 0 spiro atoms. The fourth-order valence-corrected chi connectivity index (χ4v) is 7.03. The average molecular weight is 551 g/mol. The van der Waals surface area contributed by atoms with Gasteiger partial charge < -0.3 is 9.67 Å². The van der Waals surface area contributed by atoms with Crippen molar-refractivity contribution < 1.29 is 9.90 Å². The Hall–Kier alpha value is -3.54. The van der Waals surface area contributed by atoms with Crippen LogP contribution in [0.1, 0.15) is 129 Å². The minimum absolute atomic E-state index is 0.327. The average Bonchev–Trinajstić information content (AvgIpc) is 3.38. The van der Waals surface area contributed by atoms with Crippen LogP contribution in [0.15, 0.2) is 48.5 Å². The Kier molecular flexibility index (Phi) is 8.45. The minimum atomic E-state index is -0.903. The van der Waals surface area contributed by atoms with E-state index < -0.39 is 5.97 Å². The van der Waals surface area contributed by atoms with Crippen molar-refractivity contribution in [2.75, 3.05) is 0 Å². The molecule has 0 saturated heterocycles. The van der Waals surface area contributed by atoms with Crippen molar-refractivity contribution in [3.8, 4) is 11.1 Å². The number of unbranched alkanes of at least 4 members (excludes halogenated alkanes) is 1. The maximum absolute atomic E-state index is 11.8. The first-order chi connectivity index (χ1) is 20.1. The lowest BCUT2D eigenvalue weighted by Gasteiger charge is -2.24. The third-order valence-electron chi connectivity index (χ3n) is 9.30. The van der Waals surface area contributed by atoms with Crippen LogP contribution in [0.4, 0.5) is 0 Å². The molecule has 214 valence electrons. The molecular formula is C35H42N4O2. The Balaban J connectivity index is 1.43. The number of rotatable bonds is 9. The lowest BCUT2D eigenvalue weighted by Crippen LogP contribution is -2.15. The zero-order valence-electron chi connectivity index (χ0n) is 24.3. The standard InChI is InChI=1S/C35H42N4O2/c1-2-3-18-30-36-33-31(26-12-6-4-7-13-26)37-38-32(27-14-8-5-9-15-27)34(33)39(30)23-24-19-21-25(22-20-24)28-16-10-11-17-29(28)35(40)41/h10-11,16-17,19-22,26-27H,2-9,12-15,18,23H2,1H3,(H,40,41). The van der Waals surface area contributed by atoms with Gasteiger partial charge in [0.15, 0.2) is 0 Å². The molecule has 6 nitrogen and oxygen atoms in total. The topological polar surface area (TPSA) is 80.9 Å². The van der Waals surface area contributed by atoms with E-state index in [2.05, 4.69) is 35.8 Å². The number of hydrogen-bond acceptors (Lipinski definition) is 4. The van der Waals surface area contributed by atoms with E-state index in [9.17, 15) is 9.90 Å². The zero-order valence-corrected chi connectivity index (χ0v) is 24.3. The number of carbonyl (C=O) groups is 1. The van der Waals surface area contributed by atoms with Gasteiger partial charge in [0.1, 0.15) is 11.3 Å². The molecule has 0 aliphatic heterocycles. The molecule has 0 unspecified atom stereocenters. The quantitative estimate of drug-likeness (QED) is 0.225. The van der Waals surface area contributed by atoms with Crippen molar-refractivity contribution in [1.82, 2.24) is 19.7 Å². The van der Waals surface area contributed by atoms with Crippen molar-refractivity contribution in [1.29, 1.82) is 0 Å². The largest absolute Gasteiger partial charge is 0.478 e. The summed E-state index contributed by atoms with van der Waals surface area (Å²) in [7, 11) is 0. The smallest absolute Gasteiger partial charge is 0.336 e. The van der Waals surface area contributed by atoms with Crippen LogP contribution in [0, 0.1) is 0 Å². The van der Waals surface area contributed by atoms with E-state index >= 15 is 0 Å². The number of nitrogens with zero attached hydrogens (tertiary/aromatic N) is 4. The van der Waals surface area contributed by atoms with Crippen LogP contribution in [0.2, 0.25) is 0 Å². The van der Waals surface area contributed by atoms with Gasteiger partial charge >= 0.3 is 5.97 Å². The molecule has 6 rings (SSSR count). The molecule has 1 N–H and O–H groups in total. The third kappa shape index (κ3) is 5.79. The predicted octanol–water partition coefficient (Wildman–Crippen LogP) is 8.68. The first kappa shape index (κ1) is 27.6. The summed E-state index contributed by atoms with van der Waals surface area (Å²) in [6, 6.07) is 15.6. The monoisotopic (exact) mass is 550 g/mol. The number of carboxylic acid groups (broad SMARTS) is 1. The fourth-order valence-electron chi connectivity index (χ4n) is 7.03. The van der Waals surface area contributed by atoms with E-state index in [0.717, 1.165) is 59.7 Å². The number of aryl methyl sites for hydroxylation is 1. The number of aromatic nitrogens is 4. The molecule has 2 aliphatic rings. The number of fused-ring (bicyclic) bond motifs is 1. The molecule has 41 heavy (non-hydrogen) atoms. The molecule has 4 aromatic rings. The molecule has 2 aliphatic carbocycles. The molecule has 2 aromatic carbocycles. The van der Waals surface area contributed by atoms with E-state index in [-0.39, 0.29) is 0 Å². The van der Waals surface area contributed by atoms with Gasteiger partial charge in [-0.1, -0.05) is 94.3 Å². The van der Waals surface area contributed by atoms with Gasteiger partial charge in [-0.2, -0.15) is 10.2 Å². The summed E-state index contributed by atoms with van der Waals surface area (Å²) in [4.78, 5) is 17.2. The third-order valence-corrected chi connectivity index (χ3v) is 9.30. The maximum atomic E-state index is 11.8. The summed E-state index contributed by atoms with van der Waals surface area (Å²) in [5.74, 6) is 1.14. The SMILES string of the molecule is CCCCc1nc2c(C3CCCCC3)nnc(C3CCCCC3)c2n1Cc1ccc(-c2ccccc2C(=O)O)cc1. The molecule has 6 heteroatoms. The van der Waals surface area contributed by atoms with Crippen LogP contribution >= 0.6 is 0 Å². The lowest BCUT2D eigenvalue weighted by molar-refractivity contribution is 0.0697. The molecular weight excluding hydrogens is 508 g/mol. The van der Waals surface area contributed by atoms with Gasteiger partial charge in [0, 0.05) is 24.8 Å². The lowest BCUT2D eigenvalue weighted by atomic mass is 9.84. The number of aromatic carboxylic acids is 1. The van der Waals surface area contributed by atoms with Gasteiger partial charge in [-0.05, 0) is 54.9 Å². The van der Waals surface area contributed by atoms with Crippen LogP contribution in [0.25, 0.3) is 22.2 Å². The van der Waals surface area contributed by atoms with Crippen LogP contribution in [-0.4, -0.2) is 30.8 Å². The van der Waals surface area contributed by atoms with Gasteiger partial charge in [0.2, 0.25) is 0 Å². The normalized spacial score (nSPS) is 16.8. The fraction of sp³-hybridized carbons (Fsp3) is 0.486. The first-order valence-electron chi connectivity index (χ1n) is 15.8. The van der Waals surface area contributed by atoms with Gasteiger partial charge in [0.25, 0.3) is 0 Å². The minimum Gasteiger partial charge on any atom is -0.478 e. The Bertz CT molecular complexity index is 1490. The summed E-state index contributed by atoms with van der Waals surface area (Å²) in [6.45, 7) is 2.97. The molecule has 0 bridgehead atoms. The highest BCUT2D eigenvalue weighted by Crippen LogP contribution is 2.40. The maximum Gasteiger partial charge on any atom is 0.336 e. The van der Waals surface area contributed by atoms with Crippen molar-refractivity contribution >= 4 is 17.0 Å². The number of carboxylic acids is 1. The van der Waals surface area contributed by atoms with E-state index in [4.69, 9.17) is 15.2 Å². The molecule has 0 atom stereocenters. The van der Waals surface area contributed by atoms with Gasteiger partial charge in [-0.25, -0.2) is 9.78 Å². The summed E-state index contributed by atoms with van der Waals surface area (Å²) in [5.41, 5.74) is 7.78. The van der Waals surface area contributed by atoms with E-state index in [1.165, 1.54) is 75.3 Å². The van der Waals surface area contributed by atoms with Crippen LogP contribution in [0.5, 0.6) is 0 Å². The van der Waals surface area contributed by atoms with Crippen molar-refractivity contribution in [2.24, 2.45) is 0 Å². The van der Waals surface area contributed by atoms with Crippen LogP contribution in [0.3, 0.4) is 0 Å². The van der Waals surface area contributed by atoms with Gasteiger partial charge in [-0.15, -0.1) is 0 Å². The second-order valence-corrected chi connectivity index (χ2v) is 12.1. The molecule has 2 aromatic heterocycles.